The summed E-state index contributed by atoms with van der Waals surface area (Å²) < 4.78 is 2.07. The van der Waals surface area contributed by atoms with Gasteiger partial charge in [-0.05, 0) is 37.5 Å². The van der Waals surface area contributed by atoms with Crippen molar-refractivity contribution in [1.82, 2.24) is 14.5 Å². The lowest BCUT2D eigenvalue weighted by Crippen LogP contribution is -2.42. The van der Waals surface area contributed by atoms with E-state index in [-0.39, 0.29) is 17.9 Å². The van der Waals surface area contributed by atoms with Crippen LogP contribution in [-0.4, -0.2) is 38.9 Å². The van der Waals surface area contributed by atoms with Crippen molar-refractivity contribution in [2.24, 2.45) is 0 Å². The zero-order valence-electron chi connectivity index (χ0n) is 14.0. The predicted molar refractivity (Wildman–Crippen MR) is 91.5 cm³/mol. The van der Waals surface area contributed by atoms with Crippen molar-refractivity contribution >= 4 is 17.5 Å². The van der Waals surface area contributed by atoms with Crippen LogP contribution in [0, 0.1) is 6.92 Å². The number of likely N-dealkylation sites (tertiary alicyclic amines) is 1. The number of aryl methyl sites for hydroxylation is 1. The smallest absolute Gasteiger partial charge is 0.247 e. The third-order valence-electron chi connectivity index (χ3n) is 4.46. The van der Waals surface area contributed by atoms with Gasteiger partial charge in [0, 0.05) is 38.1 Å². The summed E-state index contributed by atoms with van der Waals surface area (Å²) in [6.07, 6.45) is 5.33. The summed E-state index contributed by atoms with van der Waals surface area (Å²) in [5, 5.41) is 2.91. The van der Waals surface area contributed by atoms with Crippen LogP contribution in [0.15, 0.2) is 36.7 Å². The van der Waals surface area contributed by atoms with Crippen LogP contribution in [0.25, 0.3) is 0 Å². The molecule has 24 heavy (non-hydrogen) atoms. The summed E-state index contributed by atoms with van der Waals surface area (Å²) in [6, 6.07) is 7.42. The van der Waals surface area contributed by atoms with Crippen molar-refractivity contribution in [2.45, 2.75) is 39.3 Å². The van der Waals surface area contributed by atoms with E-state index in [1.54, 1.807) is 11.1 Å². The Kier molecular flexibility index (Phi) is 4.64. The molecule has 6 nitrogen and oxygen atoms in total. The molecule has 1 aliphatic heterocycles. The Labute approximate surface area is 141 Å². The van der Waals surface area contributed by atoms with Crippen molar-refractivity contribution in [3.63, 3.8) is 0 Å². The first-order chi connectivity index (χ1) is 11.5. The summed E-state index contributed by atoms with van der Waals surface area (Å²) in [5.74, 6) is 0.817. The summed E-state index contributed by atoms with van der Waals surface area (Å²) in [4.78, 5) is 29.8. The first kappa shape index (κ1) is 16.2. The number of benzene rings is 1. The molecule has 1 aromatic heterocycles. The number of amides is 2. The molecule has 6 heteroatoms. The highest BCUT2D eigenvalue weighted by molar-refractivity contribution is 5.97. The second kappa shape index (κ2) is 6.86. The van der Waals surface area contributed by atoms with Crippen molar-refractivity contribution in [3.05, 3.63) is 48.0 Å². The Bertz CT molecular complexity index is 736. The van der Waals surface area contributed by atoms with E-state index in [0.717, 1.165) is 36.5 Å². The van der Waals surface area contributed by atoms with Gasteiger partial charge in [0.05, 0.1) is 0 Å². The zero-order chi connectivity index (χ0) is 17.1. The Hall–Kier alpha value is -2.63. The molecule has 0 saturated carbocycles. The van der Waals surface area contributed by atoms with Gasteiger partial charge in [0.25, 0.3) is 0 Å². The van der Waals surface area contributed by atoms with Gasteiger partial charge in [-0.25, -0.2) is 4.98 Å². The van der Waals surface area contributed by atoms with Crippen LogP contribution in [0.2, 0.25) is 0 Å². The average molecular weight is 326 g/mol. The molecule has 1 saturated heterocycles. The lowest BCUT2D eigenvalue weighted by molar-refractivity contribution is -0.134. The van der Waals surface area contributed by atoms with Crippen LogP contribution < -0.4 is 5.32 Å². The monoisotopic (exact) mass is 326 g/mol. The third-order valence-corrected chi connectivity index (χ3v) is 4.46. The van der Waals surface area contributed by atoms with E-state index >= 15 is 0 Å². The van der Waals surface area contributed by atoms with E-state index < -0.39 is 0 Å². The molecule has 2 amide bonds. The number of rotatable bonds is 4. The molecule has 126 valence electrons. The molecule has 0 radical (unpaired) electrons. The largest absolute Gasteiger partial charge is 0.331 e. The molecule has 0 unspecified atom stereocenters. The van der Waals surface area contributed by atoms with Gasteiger partial charge in [-0.15, -0.1) is 0 Å². The molecule has 2 aromatic rings. The second-order valence-electron chi connectivity index (χ2n) is 6.16. The van der Waals surface area contributed by atoms with Crippen molar-refractivity contribution < 1.29 is 9.59 Å². The second-order valence-corrected chi connectivity index (χ2v) is 6.16. The van der Waals surface area contributed by atoms with Crippen LogP contribution in [-0.2, 0) is 16.1 Å². The van der Waals surface area contributed by atoms with Crippen LogP contribution in [0.1, 0.15) is 31.2 Å². The fourth-order valence-electron chi connectivity index (χ4n) is 3.10. The minimum absolute atomic E-state index is 0.0429. The number of carbonyl (C=O) groups excluding carboxylic acids is 2. The lowest BCUT2D eigenvalue weighted by atomic mass is 10.1. The van der Waals surface area contributed by atoms with Gasteiger partial charge < -0.3 is 14.8 Å². The Morgan fingerprint density at radius 3 is 2.67 bits per heavy atom. The van der Waals surface area contributed by atoms with Gasteiger partial charge in [-0.3, -0.25) is 9.59 Å². The Balaban J connectivity index is 1.63. The zero-order valence-corrected chi connectivity index (χ0v) is 14.0. The fraction of sp³-hybridized carbons (Fsp3) is 0.389. The van der Waals surface area contributed by atoms with Crippen molar-refractivity contribution in [3.8, 4) is 0 Å². The average Bonchev–Trinajstić information content (AvgIpc) is 3.19. The highest BCUT2D eigenvalue weighted by Crippen LogP contribution is 2.19. The first-order valence-corrected chi connectivity index (χ1v) is 8.19. The number of imidazole rings is 1. The number of nitrogens with one attached hydrogen (secondary N) is 1. The quantitative estimate of drug-likeness (QED) is 0.936. The normalized spacial score (nSPS) is 17.1. The molecule has 1 aromatic carbocycles. The molecule has 0 aliphatic carbocycles. The maximum Gasteiger partial charge on any atom is 0.247 e. The SMILES string of the molecule is CC(=O)N1CCC[C@H]1C(=O)Nc1ccc(Cn2ccnc2C)cc1. The van der Waals surface area contributed by atoms with Gasteiger partial charge in [0.1, 0.15) is 11.9 Å². The first-order valence-electron chi connectivity index (χ1n) is 8.19. The highest BCUT2D eigenvalue weighted by Gasteiger charge is 2.32. The number of aromatic nitrogens is 2. The molecule has 3 rings (SSSR count). The van der Waals surface area contributed by atoms with Crippen LogP contribution in [0.3, 0.4) is 0 Å². The van der Waals surface area contributed by atoms with E-state index in [4.69, 9.17) is 0 Å². The maximum absolute atomic E-state index is 12.4. The van der Waals surface area contributed by atoms with Gasteiger partial charge in [0.15, 0.2) is 0 Å². The van der Waals surface area contributed by atoms with Gasteiger partial charge in [-0.1, -0.05) is 12.1 Å². The molecule has 1 aliphatic rings. The van der Waals surface area contributed by atoms with E-state index in [0.29, 0.717) is 6.54 Å². The summed E-state index contributed by atoms with van der Waals surface area (Å²) in [6.45, 7) is 4.90. The molecular formula is C18H22N4O2. The van der Waals surface area contributed by atoms with Crippen molar-refractivity contribution in [2.75, 3.05) is 11.9 Å². The van der Waals surface area contributed by atoms with Gasteiger partial charge in [-0.2, -0.15) is 0 Å². The fourth-order valence-corrected chi connectivity index (χ4v) is 3.10. The molecule has 1 N–H and O–H groups in total. The molecule has 1 atom stereocenters. The van der Waals surface area contributed by atoms with Crippen LogP contribution in [0.4, 0.5) is 5.69 Å². The minimum atomic E-state index is -0.351. The molecule has 0 bridgehead atoms. The predicted octanol–water partition coefficient (Wildman–Crippen LogP) is 2.19. The minimum Gasteiger partial charge on any atom is -0.331 e. The van der Waals surface area contributed by atoms with E-state index in [1.165, 1.54) is 6.92 Å². The number of nitrogens with zero attached hydrogens (tertiary/aromatic N) is 3. The molecule has 0 spiro atoms. The van der Waals surface area contributed by atoms with Crippen LogP contribution in [0.5, 0.6) is 0 Å². The van der Waals surface area contributed by atoms with Gasteiger partial charge in [0.2, 0.25) is 11.8 Å². The lowest BCUT2D eigenvalue weighted by Gasteiger charge is -2.22. The van der Waals surface area contributed by atoms with Crippen molar-refractivity contribution in [1.29, 1.82) is 0 Å². The van der Waals surface area contributed by atoms with E-state index in [2.05, 4.69) is 14.9 Å². The molecule has 2 heterocycles. The number of carbonyl (C=O) groups is 2. The summed E-state index contributed by atoms with van der Waals surface area (Å²) in [5.41, 5.74) is 1.89. The molecule has 1 fully saturated rings. The van der Waals surface area contributed by atoms with Gasteiger partial charge >= 0.3 is 0 Å². The highest BCUT2D eigenvalue weighted by atomic mass is 16.2. The number of hydrogen-bond acceptors (Lipinski definition) is 3. The maximum atomic E-state index is 12.4. The van der Waals surface area contributed by atoms with Crippen LogP contribution >= 0.6 is 0 Å². The third kappa shape index (κ3) is 3.48. The Morgan fingerprint density at radius 2 is 2.04 bits per heavy atom. The number of hydrogen-bond donors (Lipinski definition) is 1. The summed E-state index contributed by atoms with van der Waals surface area (Å²) in [7, 11) is 0. The van der Waals surface area contributed by atoms with E-state index in [9.17, 15) is 9.59 Å². The number of anilines is 1. The Morgan fingerprint density at radius 1 is 1.29 bits per heavy atom. The molecular weight excluding hydrogens is 304 g/mol. The topological polar surface area (TPSA) is 67.2 Å². The van der Waals surface area contributed by atoms with E-state index in [1.807, 2.05) is 37.4 Å². The standard InChI is InChI=1S/C18H22N4O2/c1-13-19-9-11-21(13)12-15-5-7-16(8-6-15)20-18(24)17-4-3-10-22(17)14(2)23/h5-9,11,17H,3-4,10,12H2,1-2H3,(H,20,24)/t17-/m0/s1. The summed E-state index contributed by atoms with van der Waals surface area (Å²) >= 11 is 0.